The van der Waals surface area contributed by atoms with Gasteiger partial charge >= 0.3 is 0 Å². The second-order valence-electron chi connectivity index (χ2n) is 4.32. The molecule has 3 nitrogen and oxygen atoms in total. The first kappa shape index (κ1) is 11.5. The van der Waals surface area contributed by atoms with E-state index < -0.39 is 0 Å². The Morgan fingerprint density at radius 2 is 2.29 bits per heavy atom. The van der Waals surface area contributed by atoms with Gasteiger partial charge in [-0.15, -0.1) is 0 Å². The molecule has 0 radical (unpaired) electrons. The lowest BCUT2D eigenvalue weighted by Crippen LogP contribution is -2.41. The minimum absolute atomic E-state index is 0.103. The Hall–Kier alpha value is -0.570. The molecule has 1 amide bonds. The maximum absolute atomic E-state index is 11.4. The third kappa shape index (κ3) is 2.98. The van der Waals surface area contributed by atoms with Gasteiger partial charge in [0.2, 0.25) is 5.91 Å². The van der Waals surface area contributed by atoms with Gasteiger partial charge in [0.15, 0.2) is 0 Å². The molecule has 1 atom stereocenters. The molecule has 1 aliphatic rings. The molecule has 3 heteroatoms. The van der Waals surface area contributed by atoms with E-state index in [-0.39, 0.29) is 11.8 Å². The Morgan fingerprint density at radius 1 is 1.57 bits per heavy atom. The molecule has 1 heterocycles. The van der Waals surface area contributed by atoms with Crippen LogP contribution in [0.5, 0.6) is 0 Å². The van der Waals surface area contributed by atoms with Crippen LogP contribution in [0.2, 0.25) is 0 Å². The third-order valence-corrected chi connectivity index (χ3v) is 2.94. The van der Waals surface area contributed by atoms with E-state index in [1.54, 1.807) is 0 Å². The number of likely N-dealkylation sites (N-methyl/N-ethyl adjacent to an activating group) is 1. The smallest absolute Gasteiger partial charge is 0.222 e. The van der Waals surface area contributed by atoms with Gasteiger partial charge in [-0.2, -0.15) is 0 Å². The largest absolute Gasteiger partial charge is 0.354 e. The summed E-state index contributed by atoms with van der Waals surface area (Å²) in [5, 5.41) is 3.01. The van der Waals surface area contributed by atoms with Crippen molar-refractivity contribution in [3.05, 3.63) is 0 Å². The fourth-order valence-corrected chi connectivity index (χ4v) is 1.97. The van der Waals surface area contributed by atoms with Crippen LogP contribution >= 0.6 is 0 Å². The summed E-state index contributed by atoms with van der Waals surface area (Å²) in [4.78, 5) is 13.8. The minimum atomic E-state index is 0.103. The Kier molecular flexibility index (Phi) is 4.39. The van der Waals surface area contributed by atoms with Gasteiger partial charge in [-0.05, 0) is 25.9 Å². The molecular weight excluding hydrogens is 176 g/mol. The third-order valence-electron chi connectivity index (χ3n) is 2.94. The summed E-state index contributed by atoms with van der Waals surface area (Å²) in [6, 6.07) is 0.572. The van der Waals surface area contributed by atoms with Crippen molar-refractivity contribution >= 4 is 5.91 Å². The molecule has 0 aromatic carbocycles. The molecule has 0 aromatic heterocycles. The summed E-state index contributed by atoms with van der Waals surface area (Å²) < 4.78 is 0. The predicted octanol–water partition coefficient (Wildman–Crippen LogP) is 1.24. The van der Waals surface area contributed by atoms with Crippen LogP contribution in [-0.4, -0.2) is 36.5 Å². The molecule has 1 rings (SSSR count). The monoisotopic (exact) mass is 198 g/mol. The zero-order valence-corrected chi connectivity index (χ0v) is 9.55. The Balaban J connectivity index is 2.27. The van der Waals surface area contributed by atoms with E-state index >= 15 is 0 Å². The van der Waals surface area contributed by atoms with E-state index in [2.05, 4.69) is 17.1 Å². The van der Waals surface area contributed by atoms with Gasteiger partial charge in [0.05, 0.1) is 0 Å². The molecule has 0 bridgehead atoms. The molecule has 1 saturated heterocycles. The number of nitrogens with one attached hydrogen (secondary N) is 1. The van der Waals surface area contributed by atoms with Crippen LogP contribution in [0.1, 0.15) is 33.6 Å². The molecule has 0 unspecified atom stereocenters. The van der Waals surface area contributed by atoms with Gasteiger partial charge in [-0.3, -0.25) is 9.69 Å². The van der Waals surface area contributed by atoms with Crippen LogP contribution in [0.25, 0.3) is 0 Å². The lowest BCUT2D eigenvalue weighted by atomic mass is 10.2. The number of amides is 1. The van der Waals surface area contributed by atoms with E-state index in [1.165, 1.54) is 19.4 Å². The van der Waals surface area contributed by atoms with Crippen LogP contribution in [-0.2, 0) is 4.79 Å². The summed E-state index contributed by atoms with van der Waals surface area (Å²) in [7, 11) is 0. The average molecular weight is 198 g/mol. The molecule has 1 aliphatic heterocycles. The Labute approximate surface area is 86.9 Å². The van der Waals surface area contributed by atoms with Crippen molar-refractivity contribution in [3.63, 3.8) is 0 Å². The molecule has 0 spiro atoms. The summed E-state index contributed by atoms with van der Waals surface area (Å²) in [5.74, 6) is 0.277. The summed E-state index contributed by atoms with van der Waals surface area (Å²) in [5.41, 5.74) is 0. The molecule has 0 saturated carbocycles. The van der Waals surface area contributed by atoms with Crippen LogP contribution in [0.4, 0.5) is 0 Å². The van der Waals surface area contributed by atoms with Crippen LogP contribution < -0.4 is 5.32 Å². The van der Waals surface area contributed by atoms with Crippen LogP contribution in [0, 0.1) is 5.92 Å². The Bertz CT molecular complexity index is 192. The maximum atomic E-state index is 11.4. The number of nitrogens with zero attached hydrogens (tertiary/aromatic N) is 1. The summed E-state index contributed by atoms with van der Waals surface area (Å²) >= 11 is 0. The first-order valence-electron chi connectivity index (χ1n) is 5.67. The lowest BCUT2D eigenvalue weighted by Gasteiger charge is -2.23. The highest BCUT2D eigenvalue weighted by atomic mass is 16.1. The van der Waals surface area contributed by atoms with Gasteiger partial charge in [0.25, 0.3) is 0 Å². The van der Waals surface area contributed by atoms with E-state index in [9.17, 15) is 4.79 Å². The predicted molar refractivity (Wildman–Crippen MR) is 58.1 cm³/mol. The number of rotatable bonds is 4. The summed E-state index contributed by atoms with van der Waals surface area (Å²) in [6.45, 7) is 9.16. The quantitative estimate of drug-likeness (QED) is 0.737. The maximum Gasteiger partial charge on any atom is 0.222 e. The molecule has 0 aliphatic carbocycles. The topological polar surface area (TPSA) is 32.3 Å². The highest BCUT2D eigenvalue weighted by Gasteiger charge is 2.23. The molecule has 82 valence electrons. The van der Waals surface area contributed by atoms with Crippen molar-refractivity contribution in [1.29, 1.82) is 0 Å². The minimum Gasteiger partial charge on any atom is -0.354 e. The summed E-state index contributed by atoms with van der Waals surface area (Å²) in [6.07, 6.45) is 2.50. The lowest BCUT2D eigenvalue weighted by molar-refractivity contribution is -0.124. The number of hydrogen-bond acceptors (Lipinski definition) is 2. The standard InChI is InChI=1S/C11H22N2O/c1-4-13-7-5-6-10(13)8-12-11(14)9(2)3/h9-10H,4-8H2,1-3H3,(H,12,14)/t10-/m0/s1. The second-order valence-corrected chi connectivity index (χ2v) is 4.32. The normalized spacial score (nSPS) is 23.0. The molecular formula is C11H22N2O. The van der Waals surface area contributed by atoms with E-state index in [0.29, 0.717) is 6.04 Å². The van der Waals surface area contributed by atoms with E-state index in [0.717, 1.165) is 13.1 Å². The average Bonchev–Trinajstić information content (AvgIpc) is 2.60. The number of likely N-dealkylation sites (tertiary alicyclic amines) is 1. The van der Waals surface area contributed by atoms with Crippen molar-refractivity contribution in [1.82, 2.24) is 10.2 Å². The zero-order valence-electron chi connectivity index (χ0n) is 9.55. The van der Waals surface area contributed by atoms with Crippen molar-refractivity contribution in [2.45, 2.75) is 39.7 Å². The van der Waals surface area contributed by atoms with Gasteiger partial charge < -0.3 is 5.32 Å². The molecule has 14 heavy (non-hydrogen) atoms. The second kappa shape index (κ2) is 5.35. The van der Waals surface area contributed by atoms with Gasteiger partial charge in [0.1, 0.15) is 0 Å². The molecule has 1 N–H and O–H groups in total. The van der Waals surface area contributed by atoms with Crippen molar-refractivity contribution < 1.29 is 4.79 Å². The first-order chi connectivity index (χ1) is 6.65. The van der Waals surface area contributed by atoms with Crippen molar-refractivity contribution in [3.8, 4) is 0 Å². The van der Waals surface area contributed by atoms with Crippen LogP contribution in [0.3, 0.4) is 0 Å². The SMILES string of the molecule is CCN1CCC[C@H]1CNC(=O)C(C)C. The zero-order chi connectivity index (χ0) is 10.6. The van der Waals surface area contributed by atoms with Gasteiger partial charge in [0, 0.05) is 18.5 Å². The number of carbonyl (C=O) groups is 1. The van der Waals surface area contributed by atoms with Crippen molar-refractivity contribution in [2.24, 2.45) is 5.92 Å². The highest BCUT2D eigenvalue weighted by Crippen LogP contribution is 2.15. The van der Waals surface area contributed by atoms with Gasteiger partial charge in [-0.1, -0.05) is 20.8 Å². The highest BCUT2D eigenvalue weighted by molar-refractivity contribution is 5.77. The molecule has 0 aromatic rings. The van der Waals surface area contributed by atoms with Gasteiger partial charge in [-0.25, -0.2) is 0 Å². The van der Waals surface area contributed by atoms with E-state index in [1.807, 2.05) is 13.8 Å². The first-order valence-corrected chi connectivity index (χ1v) is 5.67. The Morgan fingerprint density at radius 3 is 2.86 bits per heavy atom. The number of carbonyl (C=O) groups excluding carboxylic acids is 1. The van der Waals surface area contributed by atoms with Crippen molar-refractivity contribution in [2.75, 3.05) is 19.6 Å². The molecule has 1 fully saturated rings. The van der Waals surface area contributed by atoms with E-state index in [4.69, 9.17) is 0 Å². The number of hydrogen-bond donors (Lipinski definition) is 1. The fraction of sp³-hybridized carbons (Fsp3) is 0.909. The fourth-order valence-electron chi connectivity index (χ4n) is 1.97. The van der Waals surface area contributed by atoms with Crippen LogP contribution in [0.15, 0.2) is 0 Å².